The van der Waals surface area contributed by atoms with Gasteiger partial charge in [-0.05, 0) is 30.9 Å². The Morgan fingerprint density at radius 1 is 1.24 bits per heavy atom. The van der Waals surface area contributed by atoms with Gasteiger partial charge in [0.1, 0.15) is 0 Å². The standard InChI is InChI=1S/C20H25N3O2/c24-19-11-15(13-23(19)16-5-1-2-6-16)20(25)21-10-9-14-12-22-18-8-4-3-7-17(14)18/h3-4,7-8,12,15-16,22H,1-2,5-6,9-11,13H2,(H,21,25)/t15-/m0/s1. The molecule has 1 aliphatic heterocycles. The Balaban J connectivity index is 1.30. The molecule has 0 bridgehead atoms. The van der Waals surface area contributed by atoms with Crippen molar-refractivity contribution in [2.24, 2.45) is 5.92 Å². The molecule has 2 N–H and O–H groups in total. The molecule has 1 aromatic carbocycles. The Bertz CT molecular complexity index is 776. The van der Waals surface area contributed by atoms with E-state index in [1.54, 1.807) is 0 Å². The van der Waals surface area contributed by atoms with Gasteiger partial charge in [0.05, 0.1) is 5.92 Å². The van der Waals surface area contributed by atoms with Crippen LogP contribution < -0.4 is 5.32 Å². The van der Waals surface area contributed by atoms with Crippen molar-refractivity contribution in [3.8, 4) is 0 Å². The smallest absolute Gasteiger partial charge is 0.225 e. The van der Waals surface area contributed by atoms with E-state index in [9.17, 15) is 9.59 Å². The molecule has 1 aromatic heterocycles. The van der Waals surface area contributed by atoms with Crippen molar-refractivity contribution >= 4 is 22.7 Å². The first-order valence-electron chi connectivity index (χ1n) is 9.34. The summed E-state index contributed by atoms with van der Waals surface area (Å²) in [7, 11) is 0. The molecule has 0 spiro atoms. The van der Waals surface area contributed by atoms with Crippen LogP contribution in [0, 0.1) is 5.92 Å². The zero-order valence-electron chi connectivity index (χ0n) is 14.5. The van der Waals surface area contributed by atoms with Gasteiger partial charge >= 0.3 is 0 Å². The fourth-order valence-corrected chi connectivity index (χ4v) is 4.28. The average Bonchev–Trinajstić information content (AvgIpc) is 3.34. The van der Waals surface area contributed by atoms with Crippen molar-refractivity contribution in [1.29, 1.82) is 0 Å². The van der Waals surface area contributed by atoms with Crippen molar-refractivity contribution in [1.82, 2.24) is 15.2 Å². The minimum atomic E-state index is -0.184. The van der Waals surface area contributed by atoms with Crippen LogP contribution in [-0.4, -0.2) is 40.8 Å². The second-order valence-corrected chi connectivity index (χ2v) is 7.29. The van der Waals surface area contributed by atoms with Gasteiger partial charge in [-0.2, -0.15) is 0 Å². The molecule has 2 amide bonds. The summed E-state index contributed by atoms with van der Waals surface area (Å²) in [5.74, 6) is -0.00608. The number of carbonyl (C=O) groups excluding carboxylic acids is 2. The summed E-state index contributed by atoms with van der Waals surface area (Å²) in [6, 6.07) is 8.56. The number of likely N-dealkylation sites (tertiary alicyclic amines) is 1. The number of nitrogens with zero attached hydrogens (tertiary/aromatic N) is 1. The van der Waals surface area contributed by atoms with E-state index in [-0.39, 0.29) is 17.7 Å². The molecule has 5 heteroatoms. The maximum absolute atomic E-state index is 12.4. The SMILES string of the molecule is O=C(NCCc1c[nH]c2ccccc12)[C@H]1CC(=O)N(C2CCCC2)C1. The number of para-hydroxylation sites is 1. The minimum absolute atomic E-state index is 0.0219. The van der Waals surface area contributed by atoms with Crippen molar-refractivity contribution in [2.45, 2.75) is 44.6 Å². The average molecular weight is 339 g/mol. The highest BCUT2D eigenvalue weighted by Crippen LogP contribution is 2.29. The highest BCUT2D eigenvalue weighted by Gasteiger charge is 2.38. The second-order valence-electron chi connectivity index (χ2n) is 7.29. The molecule has 1 aliphatic carbocycles. The summed E-state index contributed by atoms with van der Waals surface area (Å²) in [5.41, 5.74) is 2.34. The summed E-state index contributed by atoms with van der Waals surface area (Å²) >= 11 is 0. The van der Waals surface area contributed by atoms with Crippen molar-refractivity contribution in [2.75, 3.05) is 13.1 Å². The van der Waals surface area contributed by atoms with E-state index >= 15 is 0 Å². The molecular weight excluding hydrogens is 314 g/mol. The van der Waals surface area contributed by atoms with Gasteiger partial charge in [-0.3, -0.25) is 9.59 Å². The van der Waals surface area contributed by atoms with E-state index in [1.807, 2.05) is 23.2 Å². The number of fused-ring (bicyclic) bond motifs is 1. The molecule has 1 saturated carbocycles. The molecule has 1 atom stereocenters. The molecule has 2 aliphatic rings. The van der Waals surface area contributed by atoms with E-state index < -0.39 is 0 Å². The van der Waals surface area contributed by atoms with Gasteiger partial charge in [-0.15, -0.1) is 0 Å². The lowest BCUT2D eigenvalue weighted by Gasteiger charge is -2.23. The van der Waals surface area contributed by atoms with Gasteiger partial charge in [0.15, 0.2) is 0 Å². The molecule has 2 fully saturated rings. The number of aromatic nitrogens is 1. The predicted octanol–water partition coefficient (Wildman–Crippen LogP) is 2.62. The lowest BCUT2D eigenvalue weighted by atomic mass is 10.1. The first-order valence-corrected chi connectivity index (χ1v) is 9.34. The Labute approximate surface area is 147 Å². The van der Waals surface area contributed by atoms with Crippen LogP contribution in [0.4, 0.5) is 0 Å². The van der Waals surface area contributed by atoms with Crippen LogP contribution in [0.15, 0.2) is 30.5 Å². The van der Waals surface area contributed by atoms with Gasteiger partial charge in [0.25, 0.3) is 0 Å². The van der Waals surface area contributed by atoms with Crippen molar-refractivity contribution in [3.63, 3.8) is 0 Å². The normalized spacial score (nSPS) is 21.4. The Morgan fingerprint density at radius 2 is 2.04 bits per heavy atom. The molecule has 0 radical (unpaired) electrons. The van der Waals surface area contributed by atoms with Gasteiger partial charge < -0.3 is 15.2 Å². The Kier molecular flexibility index (Phi) is 4.47. The molecule has 2 aromatic rings. The lowest BCUT2D eigenvalue weighted by molar-refractivity contribution is -0.130. The number of carbonyl (C=O) groups is 2. The Hall–Kier alpha value is -2.30. The summed E-state index contributed by atoms with van der Waals surface area (Å²) in [6.07, 6.45) is 7.78. The molecule has 25 heavy (non-hydrogen) atoms. The van der Waals surface area contributed by atoms with Crippen LogP contribution in [0.3, 0.4) is 0 Å². The number of nitrogens with one attached hydrogen (secondary N) is 2. The summed E-state index contributed by atoms with van der Waals surface area (Å²) < 4.78 is 0. The number of hydrogen-bond acceptors (Lipinski definition) is 2. The highest BCUT2D eigenvalue weighted by molar-refractivity contribution is 5.89. The van der Waals surface area contributed by atoms with E-state index in [2.05, 4.69) is 22.4 Å². The molecule has 2 heterocycles. The maximum Gasteiger partial charge on any atom is 0.225 e. The summed E-state index contributed by atoms with van der Waals surface area (Å²) in [5, 5.41) is 4.24. The topological polar surface area (TPSA) is 65.2 Å². The van der Waals surface area contributed by atoms with Gasteiger partial charge in [-0.1, -0.05) is 31.0 Å². The van der Waals surface area contributed by atoms with Crippen LogP contribution in [0.25, 0.3) is 10.9 Å². The van der Waals surface area contributed by atoms with Crippen LogP contribution in [0.2, 0.25) is 0 Å². The third kappa shape index (κ3) is 3.28. The highest BCUT2D eigenvalue weighted by atomic mass is 16.2. The fourth-order valence-electron chi connectivity index (χ4n) is 4.28. The zero-order chi connectivity index (χ0) is 17.2. The summed E-state index contributed by atoms with van der Waals surface area (Å²) in [6.45, 7) is 1.21. The van der Waals surface area contributed by atoms with E-state index in [0.29, 0.717) is 25.6 Å². The van der Waals surface area contributed by atoms with Gasteiger partial charge in [0.2, 0.25) is 11.8 Å². The number of hydrogen-bond donors (Lipinski definition) is 2. The van der Waals surface area contributed by atoms with Crippen LogP contribution in [0.1, 0.15) is 37.7 Å². The fraction of sp³-hybridized carbons (Fsp3) is 0.500. The molecule has 1 saturated heterocycles. The number of amides is 2. The lowest BCUT2D eigenvalue weighted by Crippen LogP contribution is -2.37. The first kappa shape index (κ1) is 16.2. The van der Waals surface area contributed by atoms with Crippen molar-refractivity contribution in [3.05, 3.63) is 36.0 Å². The molecule has 0 unspecified atom stereocenters. The van der Waals surface area contributed by atoms with Gasteiger partial charge in [0, 0.05) is 42.7 Å². The van der Waals surface area contributed by atoms with Crippen LogP contribution in [0.5, 0.6) is 0 Å². The first-order chi connectivity index (χ1) is 12.2. The third-order valence-electron chi connectivity index (χ3n) is 5.66. The van der Waals surface area contributed by atoms with Gasteiger partial charge in [-0.25, -0.2) is 0 Å². The summed E-state index contributed by atoms with van der Waals surface area (Å²) in [4.78, 5) is 29.9. The van der Waals surface area contributed by atoms with E-state index in [0.717, 1.165) is 24.8 Å². The number of rotatable bonds is 5. The van der Waals surface area contributed by atoms with Crippen molar-refractivity contribution < 1.29 is 9.59 Å². The predicted molar refractivity (Wildman–Crippen MR) is 97.1 cm³/mol. The van der Waals surface area contributed by atoms with Crippen LogP contribution in [-0.2, 0) is 16.0 Å². The second kappa shape index (κ2) is 6.90. The maximum atomic E-state index is 12.4. The molecule has 5 nitrogen and oxygen atoms in total. The largest absolute Gasteiger partial charge is 0.361 e. The zero-order valence-corrected chi connectivity index (χ0v) is 14.5. The third-order valence-corrected chi connectivity index (χ3v) is 5.66. The van der Waals surface area contributed by atoms with E-state index in [1.165, 1.54) is 23.8 Å². The monoisotopic (exact) mass is 339 g/mol. The Morgan fingerprint density at radius 3 is 2.88 bits per heavy atom. The minimum Gasteiger partial charge on any atom is -0.361 e. The number of aromatic amines is 1. The van der Waals surface area contributed by atoms with Crippen LogP contribution >= 0.6 is 0 Å². The molecular formula is C20H25N3O2. The quantitative estimate of drug-likeness (QED) is 0.879. The van der Waals surface area contributed by atoms with E-state index in [4.69, 9.17) is 0 Å². The number of H-pyrrole nitrogens is 1. The molecule has 132 valence electrons. The molecule has 4 rings (SSSR count). The number of benzene rings is 1.